The fourth-order valence-corrected chi connectivity index (χ4v) is 4.68. The molecule has 0 atom stereocenters. The second-order valence-corrected chi connectivity index (χ2v) is 9.48. The summed E-state index contributed by atoms with van der Waals surface area (Å²) in [5.74, 6) is 0.596. The molecular formula is C32H35ClN2O5. The molecule has 0 radical (unpaired) electrons. The molecular weight excluding hydrogens is 528 g/mol. The monoisotopic (exact) mass is 562 g/mol. The van der Waals surface area contributed by atoms with E-state index in [1.54, 1.807) is 17.0 Å². The number of hydrogen-bond donors (Lipinski definition) is 0. The molecule has 2 fully saturated rings. The summed E-state index contributed by atoms with van der Waals surface area (Å²) in [4.78, 5) is 31.0. The van der Waals surface area contributed by atoms with Crippen molar-refractivity contribution >= 4 is 36.2 Å². The van der Waals surface area contributed by atoms with Gasteiger partial charge in [0, 0.05) is 36.3 Å². The van der Waals surface area contributed by atoms with Gasteiger partial charge in [0.05, 0.1) is 26.3 Å². The van der Waals surface area contributed by atoms with Gasteiger partial charge in [0.15, 0.2) is 5.78 Å². The second-order valence-electron chi connectivity index (χ2n) is 9.48. The fourth-order valence-electron chi connectivity index (χ4n) is 4.68. The van der Waals surface area contributed by atoms with Crippen molar-refractivity contribution in [3.63, 3.8) is 0 Å². The van der Waals surface area contributed by atoms with Gasteiger partial charge in [-0.05, 0) is 47.5 Å². The van der Waals surface area contributed by atoms with Crippen molar-refractivity contribution in [3.05, 3.63) is 113 Å². The number of carbonyl (C=O) groups excluding carboxylic acids is 2. The van der Waals surface area contributed by atoms with E-state index in [2.05, 4.69) is 4.90 Å². The van der Waals surface area contributed by atoms with Crippen LogP contribution in [0, 0.1) is 0 Å². The van der Waals surface area contributed by atoms with Crippen molar-refractivity contribution < 1.29 is 24.5 Å². The summed E-state index contributed by atoms with van der Waals surface area (Å²) in [6.45, 7) is 5.34. The van der Waals surface area contributed by atoms with Crippen LogP contribution in [0.15, 0.2) is 96.1 Å². The Morgan fingerprint density at radius 1 is 0.800 bits per heavy atom. The van der Waals surface area contributed by atoms with Gasteiger partial charge in [0.25, 0.3) is 5.91 Å². The lowest BCUT2D eigenvalue weighted by Gasteiger charge is -2.30. The molecule has 2 N–H and O–H groups in total. The topological polar surface area (TPSA) is 90.6 Å². The first kappa shape index (κ1) is 30.8. The highest BCUT2D eigenvalue weighted by Gasteiger charge is 2.29. The van der Waals surface area contributed by atoms with Crippen LogP contribution >= 0.6 is 12.4 Å². The summed E-state index contributed by atoms with van der Waals surface area (Å²) < 4.78 is 11.3. The zero-order valence-corrected chi connectivity index (χ0v) is 23.1. The molecule has 3 aromatic carbocycles. The maximum Gasteiger partial charge on any atom is 0.254 e. The van der Waals surface area contributed by atoms with E-state index >= 15 is 0 Å². The predicted octanol–water partition coefficient (Wildman–Crippen LogP) is 4.19. The minimum Gasteiger partial charge on any atom is -0.492 e. The Morgan fingerprint density at radius 2 is 1.32 bits per heavy atom. The van der Waals surface area contributed by atoms with Crippen LogP contribution in [0.2, 0.25) is 0 Å². The zero-order chi connectivity index (χ0) is 26.2. The normalized spacial score (nSPS) is 17.7. The summed E-state index contributed by atoms with van der Waals surface area (Å²) in [6.07, 6.45) is 3.76. The Labute approximate surface area is 241 Å². The van der Waals surface area contributed by atoms with E-state index in [0.29, 0.717) is 23.3 Å². The number of carbonyl (C=O) groups is 2. The van der Waals surface area contributed by atoms with E-state index < -0.39 is 0 Å². The lowest BCUT2D eigenvalue weighted by atomic mass is 9.93. The second kappa shape index (κ2) is 15.1. The molecule has 0 unspecified atom stereocenters. The van der Waals surface area contributed by atoms with E-state index in [9.17, 15) is 9.59 Å². The number of piperidine rings is 1. The molecule has 7 nitrogen and oxygen atoms in total. The first-order valence-electron chi connectivity index (χ1n) is 13.0. The van der Waals surface area contributed by atoms with Crippen molar-refractivity contribution in [3.8, 4) is 5.75 Å². The Hall–Kier alpha value is -3.75. The zero-order valence-electron chi connectivity index (χ0n) is 22.3. The number of Topliss-reactive ketones (excluding diaryl/α,β-unsaturated/α-hetero) is 1. The number of halogens is 1. The summed E-state index contributed by atoms with van der Waals surface area (Å²) in [5, 5.41) is 0. The van der Waals surface area contributed by atoms with Crippen molar-refractivity contribution in [2.45, 2.75) is 0 Å². The van der Waals surface area contributed by atoms with E-state index in [0.717, 1.165) is 49.7 Å². The number of hydrogen-bond acceptors (Lipinski definition) is 5. The SMILES string of the molecule is Cl.O.O=C1/C(=C\c2ccccc2)CN(C(=O)c2ccc(OCCN3CCOCC3)cc2)C/C1=C\c1ccccc1. The standard InChI is InChI=1S/C32H32N2O4.ClH.H2O/c35-31-28(21-25-7-3-1-4-8-25)23-34(24-29(31)22-26-9-5-2-6-10-26)32(36)27-11-13-30(14-12-27)38-20-17-33-15-18-37-19-16-33;;/h1-14,21-22H,15-20,23-24H2;1H;1H2/b28-21-,29-22+;;. The average Bonchev–Trinajstić information content (AvgIpc) is 2.97. The lowest BCUT2D eigenvalue weighted by molar-refractivity contribution is -0.113. The van der Waals surface area contributed by atoms with Gasteiger partial charge in [-0.25, -0.2) is 0 Å². The van der Waals surface area contributed by atoms with Crippen molar-refractivity contribution in [1.29, 1.82) is 0 Å². The number of rotatable bonds is 7. The van der Waals surface area contributed by atoms with Crippen LogP contribution < -0.4 is 4.74 Å². The Kier molecular flexibility index (Phi) is 11.7. The summed E-state index contributed by atoms with van der Waals surface area (Å²) in [6, 6.07) is 26.7. The molecule has 40 heavy (non-hydrogen) atoms. The number of morpholine rings is 1. The average molecular weight is 563 g/mol. The van der Waals surface area contributed by atoms with Gasteiger partial charge in [-0.15, -0.1) is 12.4 Å². The molecule has 0 bridgehead atoms. The molecule has 0 saturated carbocycles. The molecule has 0 spiro atoms. The van der Waals surface area contributed by atoms with Gasteiger partial charge in [-0.1, -0.05) is 60.7 Å². The van der Waals surface area contributed by atoms with Gasteiger partial charge >= 0.3 is 0 Å². The highest BCUT2D eigenvalue weighted by Crippen LogP contribution is 2.24. The minimum absolute atomic E-state index is 0. The first-order valence-corrected chi connectivity index (χ1v) is 13.0. The van der Waals surface area contributed by atoms with Gasteiger partial charge in [-0.2, -0.15) is 0 Å². The third-order valence-electron chi connectivity index (χ3n) is 6.76. The van der Waals surface area contributed by atoms with Crippen LogP contribution in [0.25, 0.3) is 12.2 Å². The molecule has 0 aromatic heterocycles. The number of benzene rings is 3. The lowest BCUT2D eigenvalue weighted by Crippen LogP contribution is -2.41. The molecule has 3 aromatic rings. The maximum atomic E-state index is 13.5. The Balaban J connectivity index is 0.00000220. The maximum absolute atomic E-state index is 13.5. The number of ketones is 1. The number of ether oxygens (including phenoxy) is 2. The van der Waals surface area contributed by atoms with Crippen molar-refractivity contribution in [2.24, 2.45) is 0 Å². The summed E-state index contributed by atoms with van der Waals surface area (Å²) in [7, 11) is 0. The molecule has 2 saturated heterocycles. The van der Waals surface area contributed by atoms with Crippen LogP contribution in [-0.2, 0) is 9.53 Å². The number of amides is 1. The van der Waals surface area contributed by atoms with Gasteiger partial charge in [0.2, 0.25) is 0 Å². The van der Waals surface area contributed by atoms with Crippen LogP contribution in [0.3, 0.4) is 0 Å². The Bertz CT molecular complexity index is 1240. The van der Waals surface area contributed by atoms with Gasteiger partial charge in [-0.3, -0.25) is 14.5 Å². The molecule has 1 amide bonds. The van der Waals surface area contributed by atoms with E-state index in [1.165, 1.54) is 0 Å². The number of nitrogens with zero attached hydrogens (tertiary/aromatic N) is 2. The van der Waals surface area contributed by atoms with E-state index in [-0.39, 0.29) is 42.7 Å². The largest absolute Gasteiger partial charge is 0.492 e. The third kappa shape index (κ3) is 8.13. The van der Waals surface area contributed by atoms with Gasteiger partial charge < -0.3 is 19.8 Å². The molecule has 2 heterocycles. The summed E-state index contributed by atoms with van der Waals surface area (Å²) >= 11 is 0. The van der Waals surface area contributed by atoms with Crippen LogP contribution in [0.1, 0.15) is 21.5 Å². The van der Waals surface area contributed by atoms with E-state index in [1.807, 2.05) is 84.9 Å². The molecule has 2 aliphatic rings. The Morgan fingerprint density at radius 3 is 1.85 bits per heavy atom. The molecule has 210 valence electrons. The van der Waals surface area contributed by atoms with Gasteiger partial charge in [0.1, 0.15) is 12.4 Å². The molecule has 5 rings (SSSR count). The van der Waals surface area contributed by atoms with Crippen LogP contribution in [-0.4, -0.2) is 79.5 Å². The quantitative estimate of drug-likeness (QED) is 0.403. The summed E-state index contributed by atoms with van der Waals surface area (Å²) in [5.41, 5.74) is 3.63. The highest BCUT2D eigenvalue weighted by molar-refractivity contribution is 6.15. The smallest absolute Gasteiger partial charge is 0.254 e. The predicted molar refractivity (Wildman–Crippen MR) is 160 cm³/mol. The molecule has 2 aliphatic heterocycles. The third-order valence-corrected chi connectivity index (χ3v) is 6.76. The minimum atomic E-state index is -0.115. The fraction of sp³-hybridized carbons (Fsp3) is 0.250. The van der Waals surface area contributed by atoms with Crippen LogP contribution in [0.4, 0.5) is 0 Å². The van der Waals surface area contributed by atoms with Crippen molar-refractivity contribution in [2.75, 3.05) is 52.5 Å². The first-order chi connectivity index (χ1) is 18.7. The highest BCUT2D eigenvalue weighted by atomic mass is 35.5. The van der Waals surface area contributed by atoms with Crippen molar-refractivity contribution in [1.82, 2.24) is 9.80 Å². The molecule has 0 aliphatic carbocycles. The van der Waals surface area contributed by atoms with Crippen LogP contribution in [0.5, 0.6) is 5.75 Å². The molecule has 8 heteroatoms. The van der Waals surface area contributed by atoms with E-state index in [4.69, 9.17) is 9.47 Å². The number of likely N-dealkylation sites (tertiary alicyclic amines) is 1.